The Morgan fingerprint density at radius 3 is 2.71 bits per heavy atom. The van der Waals surface area contributed by atoms with Crippen LogP contribution in [0.4, 0.5) is 13.8 Å². The number of hydrogen-bond donors (Lipinski definition) is 1. The third-order valence-electron chi connectivity index (χ3n) is 7.35. The van der Waals surface area contributed by atoms with E-state index in [1.165, 1.54) is 17.1 Å². The van der Waals surface area contributed by atoms with Gasteiger partial charge in [-0.3, -0.25) is 9.59 Å². The molecule has 2 atom stereocenters. The number of carbonyl (C=O) groups excluding carboxylic acids is 2. The van der Waals surface area contributed by atoms with Gasteiger partial charge < -0.3 is 15.1 Å². The van der Waals surface area contributed by atoms with E-state index in [1.54, 1.807) is 28.4 Å². The Morgan fingerprint density at radius 1 is 1.11 bits per heavy atom. The number of carbonyl (C=O) groups is 2. The van der Waals surface area contributed by atoms with Crippen LogP contribution in [0.2, 0.25) is 0 Å². The predicted molar refractivity (Wildman–Crippen MR) is 131 cm³/mol. The van der Waals surface area contributed by atoms with Crippen molar-refractivity contribution in [3.63, 3.8) is 0 Å². The number of nitrogens with one attached hydrogen (secondary N) is 1. The van der Waals surface area contributed by atoms with Gasteiger partial charge in [-0.05, 0) is 59.5 Å². The number of anilines is 1. The van der Waals surface area contributed by atoms with Crippen molar-refractivity contribution in [3.8, 4) is 0 Å². The molecular weight excluding hydrogens is 470 g/mol. The number of hydrogen-bond acceptors (Lipinski definition) is 5. The van der Waals surface area contributed by atoms with Crippen LogP contribution in [-0.4, -0.2) is 55.4 Å². The van der Waals surface area contributed by atoms with Crippen molar-refractivity contribution in [2.75, 3.05) is 37.6 Å². The molecule has 35 heavy (non-hydrogen) atoms. The summed E-state index contributed by atoms with van der Waals surface area (Å²) in [5.41, 5.74) is 2.65. The number of piperazine rings is 1. The minimum Gasteiger partial charge on any atom is -0.360 e. The number of aliphatic imine (C=N–C) groups is 1. The van der Waals surface area contributed by atoms with Gasteiger partial charge in [-0.25, -0.2) is 9.38 Å². The number of amides is 2. The zero-order valence-corrected chi connectivity index (χ0v) is 19.8. The van der Waals surface area contributed by atoms with Gasteiger partial charge in [0.2, 0.25) is 11.9 Å². The van der Waals surface area contributed by atoms with E-state index in [9.17, 15) is 18.4 Å². The van der Waals surface area contributed by atoms with Crippen molar-refractivity contribution in [2.24, 2.45) is 10.9 Å². The predicted octanol–water partition coefficient (Wildman–Crippen LogP) is 4.04. The summed E-state index contributed by atoms with van der Waals surface area (Å²) in [7, 11) is 0. The first kappa shape index (κ1) is 22.2. The molecule has 1 aliphatic carbocycles. The molecule has 0 bridgehead atoms. The lowest BCUT2D eigenvalue weighted by atomic mass is 9.75. The van der Waals surface area contributed by atoms with Gasteiger partial charge in [0.25, 0.3) is 5.91 Å². The molecule has 0 radical (unpaired) electrons. The Balaban J connectivity index is 1.22. The minimum atomic E-state index is -0.616. The number of halogens is 2. The molecule has 1 N–H and O–H groups in total. The van der Waals surface area contributed by atoms with Crippen molar-refractivity contribution < 1.29 is 18.4 Å². The highest BCUT2D eigenvalue weighted by Gasteiger charge is 2.39. The van der Waals surface area contributed by atoms with Crippen LogP contribution in [0.5, 0.6) is 0 Å². The lowest BCUT2D eigenvalue weighted by Crippen LogP contribution is -2.48. The van der Waals surface area contributed by atoms with Gasteiger partial charge in [0.15, 0.2) is 0 Å². The molecule has 9 heteroatoms. The van der Waals surface area contributed by atoms with E-state index < -0.39 is 11.8 Å². The van der Waals surface area contributed by atoms with Crippen LogP contribution in [0, 0.1) is 11.7 Å². The summed E-state index contributed by atoms with van der Waals surface area (Å²) in [6.07, 6.45) is 2.44. The van der Waals surface area contributed by atoms with Crippen LogP contribution in [-0.2, 0) is 4.79 Å². The highest BCUT2D eigenvalue weighted by atomic mass is 32.1. The maximum Gasteiger partial charge on any atom is 0.256 e. The first-order chi connectivity index (χ1) is 17.0. The van der Waals surface area contributed by atoms with Crippen molar-refractivity contribution in [1.82, 2.24) is 10.2 Å². The second-order valence-electron chi connectivity index (χ2n) is 9.37. The maximum atomic E-state index is 14.8. The van der Waals surface area contributed by atoms with Gasteiger partial charge >= 0.3 is 0 Å². The normalized spacial score (nSPS) is 24.0. The molecule has 4 aliphatic rings. The van der Waals surface area contributed by atoms with Gasteiger partial charge in [-0.1, -0.05) is 6.07 Å². The van der Waals surface area contributed by atoms with Crippen LogP contribution in [0.15, 0.2) is 63.6 Å². The third kappa shape index (κ3) is 3.97. The quantitative estimate of drug-likeness (QED) is 0.701. The van der Waals surface area contributed by atoms with E-state index in [0.717, 1.165) is 11.1 Å². The fourth-order valence-corrected chi connectivity index (χ4v) is 6.37. The SMILES string of the molecule is O=C1C=C2C(F)=NC3=C2C(CN1)CC(c1ccc(F)c(C(=O)N2CCN(c4cccs4)CC2)c1)C3. The molecular formula is C26H24F2N4O2S. The van der Waals surface area contributed by atoms with Crippen LogP contribution in [0.25, 0.3) is 0 Å². The van der Waals surface area contributed by atoms with E-state index in [-0.39, 0.29) is 34.8 Å². The van der Waals surface area contributed by atoms with Crippen LogP contribution >= 0.6 is 11.3 Å². The summed E-state index contributed by atoms with van der Waals surface area (Å²) in [6, 6.07) is 8.79. The molecule has 180 valence electrons. The molecule has 0 saturated carbocycles. The minimum absolute atomic E-state index is 0.0486. The Morgan fingerprint density at radius 2 is 1.94 bits per heavy atom. The molecule has 1 aromatic heterocycles. The van der Waals surface area contributed by atoms with Crippen LogP contribution in [0.3, 0.4) is 0 Å². The molecule has 0 spiro atoms. The highest BCUT2D eigenvalue weighted by molar-refractivity contribution is 7.14. The molecule has 6 rings (SSSR count). The van der Waals surface area contributed by atoms with E-state index in [4.69, 9.17) is 0 Å². The van der Waals surface area contributed by atoms with Crippen molar-refractivity contribution in [3.05, 3.63) is 75.6 Å². The van der Waals surface area contributed by atoms with Gasteiger partial charge in [-0.2, -0.15) is 4.39 Å². The van der Waals surface area contributed by atoms with Gasteiger partial charge in [-0.15, -0.1) is 11.3 Å². The molecule has 2 aromatic rings. The average Bonchev–Trinajstić information content (AvgIpc) is 3.47. The van der Waals surface area contributed by atoms with Gasteiger partial charge in [0.1, 0.15) is 5.82 Å². The monoisotopic (exact) mass is 494 g/mol. The molecule has 2 amide bonds. The topological polar surface area (TPSA) is 65.0 Å². The lowest BCUT2D eigenvalue weighted by Gasteiger charge is -2.35. The van der Waals surface area contributed by atoms with E-state index >= 15 is 0 Å². The largest absolute Gasteiger partial charge is 0.360 e. The van der Waals surface area contributed by atoms with Crippen LogP contribution < -0.4 is 10.2 Å². The first-order valence-electron chi connectivity index (χ1n) is 11.8. The van der Waals surface area contributed by atoms with Crippen LogP contribution in [0.1, 0.15) is 34.7 Å². The zero-order chi connectivity index (χ0) is 24.1. The number of allylic oxidation sites excluding steroid dienone is 2. The average molecular weight is 495 g/mol. The van der Waals surface area contributed by atoms with E-state index in [0.29, 0.717) is 51.3 Å². The number of rotatable bonds is 3. The molecule has 1 fully saturated rings. The Hall–Kier alpha value is -3.33. The van der Waals surface area contributed by atoms with Crippen molar-refractivity contribution in [1.29, 1.82) is 0 Å². The molecule has 6 nitrogen and oxygen atoms in total. The molecule has 3 aliphatic heterocycles. The van der Waals surface area contributed by atoms with E-state index in [2.05, 4.69) is 21.3 Å². The standard InChI is InChI=1S/C26H24F2N4O2S/c27-20-4-3-15(11-18(20)26(34)32-7-5-31(6-8-32)23-2-1-9-35-23)16-10-17-14-29-22(33)13-19-24(17)21(12-16)30-25(19)28/h1-4,9,11,13,16-17H,5-8,10,12,14H2,(H,29,33). The molecule has 2 unspecified atom stereocenters. The van der Waals surface area contributed by atoms with Gasteiger partial charge in [0, 0.05) is 56.0 Å². The Labute approximate surface area is 205 Å². The summed E-state index contributed by atoms with van der Waals surface area (Å²) in [4.78, 5) is 33.3. The van der Waals surface area contributed by atoms with Gasteiger partial charge in [0.05, 0.1) is 10.6 Å². The Bertz CT molecular complexity index is 1290. The third-order valence-corrected chi connectivity index (χ3v) is 8.28. The Kier molecular flexibility index (Phi) is 5.51. The fourth-order valence-electron chi connectivity index (χ4n) is 5.59. The summed E-state index contributed by atoms with van der Waals surface area (Å²) in [5.74, 6) is -1.90. The first-order valence-corrected chi connectivity index (χ1v) is 12.7. The number of nitrogens with zero attached hydrogens (tertiary/aromatic N) is 3. The van der Waals surface area contributed by atoms with Crippen molar-refractivity contribution in [2.45, 2.75) is 18.8 Å². The summed E-state index contributed by atoms with van der Waals surface area (Å²) in [6.45, 7) is 2.88. The zero-order valence-electron chi connectivity index (χ0n) is 19.0. The summed E-state index contributed by atoms with van der Waals surface area (Å²) in [5, 5.41) is 6.03. The summed E-state index contributed by atoms with van der Waals surface area (Å²) >= 11 is 1.67. The lowest BCUT2D eigenvalue weighted by molar-refractivity contribution is -0.116. The fraction of sp³-hybridized carbons (Fsp3) is 0.346. The number of benzene rings is 1. The second kappa shape index (κ2) is 8.71. The smallest absolute Gasteiger partial charge is 0.256 e. The molecule has 1 saturated heterocycles. The van der Waals surface area contributed by atoms with E-state index in [1.807, 2.05) is 11.4 Å². The van der Waals surface area contributed by atoms with Crippen molar-refractivity contribution >= 4 is 34.1 Å². The maximum absolute atomic E-state index is 14.8. The highest BCUT2D eigenvalue weighted by Crippen LogP contribution is 2.46. The molecule has 4 heterocycles. The number of thiophene rings is 1. The molecule has 1 aromatic carbocycles. The summed E-state index contributed by atoms with van der Waals surface area (Å²) < 4.78 is 29.3. The second-order valence-corrected chi connectivity index (χ2v) is 10.3.